The molecule has 0 bridgehead atoms. The molecule has 0 saturated carbocycles. The number of nitrogens with zero attached hydrogens (tertiary/aromatic N) is 1. The fourth-order valence-electron chi connectivity index (χ4n) is 2.81. The van der Waals surface area contributed by atoms with E-state index in [9.17, 15) is 5.11 Å². The van der Waals surface area contributed by atoms with Crippen molar-refractivity contribution in [2.45, 2.75) is 12.5 Å². The summed E-state index contributed by atoms with van der Waals surface area (Å²) in [5.74, 6) is 0.354. The van der Waals surface area contributed by atoms with E-state index in [0.29, 0.717) is 5.75 Å². The second kappa shape index (κ2) is 5.17. The molecule has 2 aromatic carbocycles. The monoisotopic (exact) mass is 268 g/mol. The summed E-state index contributed by atoms with van der Waals surface area (Å²) >= 11 is 0. The van der Waals surface area contributed by atoms with Gasteiger partial charge in [0, 0.05) is 26.3 Å². The van der Waals surface area contributed by atoms with Crippen LogP contribution in [0.2, 0.25) is 0 Å². The van der Waals surface area contributed by atoms with Crippen molar-refractivity contribution >= 4 is 5.69 Å². The number of hydrogen-bond acceptors (Lipinski definition) is 3. The van der Waals surface area contributed by atoms with Gasteiger partial charge in [-0.05, 0) is 47.4 Å². The van der Waals surface area contributed by atoms with E-state index in [1.165, 1.54) is 22.4 Å². The molecule has 1 atom stereocenters. The molecule has 2 N–H and O–H groups in total. The first-order valence-electron chi connectivity index (χ1n) is 6.97. The van der Waals surface area contributed by atoms with Crippen molar-refractivity contribution in [3.05, 3.63) is 59.2 Å². The number of anilines is 1. The Morgan fingerprint density at radius 3 is 2.55 bits per heavy atom. The van der Waals surface area contributed by atoms with Crippen LogP contribution in [-0.4, -0.2) is 25.7 Å². The van der Waals surface area contributed by atoms with Gasteiger partial charge in [-0.2, -0.15) is 0 Å². The normalized spacial score (nSPS) is 17.6. The van der Waals surface area contributed by atoms with Gasteiger partial charge >= 0.3 is 0 Å². The maximum Gasteiger partial charge on any atom is 0.115 e. The molecule has 3 rings (SSSR count). The van der Waals surface area contributed by atoms with Gasteiger partial charge in [0.2, 0.25) is 0 Å². The Bertz CT molecular complexity index is 605. The van der Waals surface area contributed by atoms with Crippen LogP contribution >= 0.6 is 0 Å². The van der Waals surface area contributed by atoms with E-state index in [1.54, 1.807) is 6.07 Å². The Morgan fingerprint density at radius 2 is 1.85 bits per heavy atom. The number of hydrogen-bond donors (Lipinski definition) is 2. The molecule has 0 aliphatic carbocycles. The lowest BCUT2D eigenvalue weighted by molar-refractivity contribution is 0.471. The van der Waals surface area contributed by atoms with Crippen molar-refractivity contribution in [2.75, 3.05) is 25.5 Å². The number of fused-ring (bicyclic) bond motifs is 1. The van der Waals surface area contributed by atoms with Gasteiger partial charge in [-0.25, -0.2) is 0 Å². The minimum Gasteiger partial charge on any atom is -0.508 e. The smallest absolute Gasteiger partial charge is 0.115 e. The van der Waals surface area contributed by atoms with E-state index in [0.717, 1.165) is 13.0 Å². The zero-order valence-electron chi connectivity index (χ0n) is 11.9. The molecule has 0 amide bonds. The molecule has 3 nitrogen and oxygen atoms in total. The Balaban J connectivity index is 1.96. The zero-order valence-corrected chi connectivity index (χ0v) is 11.9. The molecule has 2 aromatic rings. The van der Waals surface area contributed by atoms with Gasteiger partial charge in [0.25, 0.3) is 0 Å². The van der Waals surface area contributed by atoms with E-state index in [1.807, 2.05) is 26.2 Å². The van der Waals surface area contributed by atoms with Crippen LogP contribution in [0.3, 0.4) is 0 Å². The Morgan fingerprint density at radius 1 is 1.10 bits per heavy atom. The van der Waals surface area contributed by atoms with Crippen molar-refractivity contribution in [1.82, 2.24) is 5.32 Å². The first-order chi connectivity index (χ1) is 9.65. The van der Waals surface area contributed by atoms with Crippen LogP contribution in [0.25, 0.3) is 0 Å². The zero-order chi connectivity index (χ0) is 14.1. The van der Waals surface area contributed by atoms with Gasteiger partial charge < -0.3 is 15.3 Å². The standard InChI is InChI=1S/C17H20N2O/c1-19(2)14-5-3-12(4-6-14)17-16-8-7-15(20)11-13(16)9-10-18-17/h3-8,11,17-18,20H,9-10H2,1-2H3. The third-order valence-corrected chi connectivity index (χ3v) is 3.92. The summed E-state index contributed by atoms with van der Waals surface area (Å²) in [5, 5.41) is 13.2. The summed E-state index contributed by atoms with van der Waals surface area (Å²) in [4.78, 5) is 2.10. The van der Waals surface area contributed by atoms with Gasteiger partial charge in [-0.1, -0.05) is 18.2 Å². The number of rotatable bonds is 2. The molecule has 3 heteroatoms. The highest BCUT2D eigenvalue weighted by Gasteiger charge is 2.21. The maximum absolute atomic E-state index is 9.62. The number of aromatic hydroxyl groups is 1. The van der Waals surface area contributed by atoms with E-state index in [2.05, 4.69) is 34.5 Å². The second-order valence-electron chi connectivity index (χ2n) is 5.51. The van der Waals surface area contributed by atoms with Crippen molar-refractivity contribution in [3.63, 3.8) is 0 Å². The average molecular weight is 268 g/mol. The molecule has 1 heterocycles. The third kappa shape index (κ3) is 2.37. The molecule has 0 saturated heterocycles. The van der Waals surface area contributed by atoms with E-state index >= 15 is 0 Å². The van der Waals surface area contributed by atoms with Crippen LogP contribution < -0.4 is 10.2 Å². The molecule has 0 aromatic heterocycles. The lowest BCUT2D eigenvalue weighted by atomic mass is 9.89. The molecule has 1 unspecified atom stereocenters. The summed E-state index contributed by atoms with van der Waals surface area (Å²) in [6.07, 6.45) is 0.968. The average Bonchev–Trinajstić information content (AvgIpc) is 2.46. The molecule has 1 aliphatic heterocycles. The van der Waals surface area contributed by atoms with Gasteiger partial charge in [0.15, 0.2) is 0 Å². The lowest BCUT2D eigenvalue weighted by Crippen LogP contribution is -2.30. The van der Waals surface area contributed by atoms with Crippen LogP contribution in [0.15, 0.2) is 42.5 Å². The van der Waals surface area contributed by atoms with Crippen LogP contribution in [0.5, 0.6) is 5.75 Å². The molecule has 0 radical (unpaired) electrons. The van der Waals surface area contributed by atoms with E-state index < -0.39 is 0 Å². The van der Waals surface area contributed by atoms with Crippen LogP contribution in [-0.2, 0) is 6.42 Å². The summed E-state index contributed by atoms with van der Waals surface area (Å²) in [5.41, 5.74) is 4.98. The van der Waals surface area contributed by atoms with Crippen LogP contribution in [0.4, 0.5) is 5.69 Å². The Labute approximate surface area is 119 Å². The van der Waals surface area contributed by atoms with Crippen molar-refractivity contribution in [1.29, 1.82) is 0 Å². The predicted octanol–water partition coefficient (Wildman–Crippen LogP) is 2.69. The highest BCUT2D eigenvalue weighted by Crippen LogP contribution is 2.31. The lowest BCUT2D eigenvalue weighted by Gasteiger charge is -2.28. The first-order valence-corrected chi connectivity index (χ1v) is 6.97. The van der Waals surface area contributed by atoms with Gasteiger partial charge in [-0.15, -0.1) is 0 Å². The summed E-state index contributed by atoms with van der Waals surface area (Å²) in [6.45, 7) is 0.941. The molecular weight excluding hydrogens is 248 g/mol. The number of phenolic OH excluding ortho intramolecular Hbond substituents is 1. The molecule has 0 fully saturated rings. The SMILES string of the molecule is CN(C)c1ccc(C2NCCc3cc(O)ccc32)cc1. The summed E-state index contributed by atoms with van der Waals surface area (Å²) < 4.78 is 0. The number of phenols is 1. The predicted molar refractivity (Wildman–Crippen MR) is 82.4 cm³/mol. The van der Waals surface area contributed by atoms with Gasteiger partial charge in [-0.3, -0.25) is 0 Å². The molecule has 104 valence electrons. The van der Waals surface area contributed by atoms with E-state index in [4.69, 9.17) is 0 Å². The van der Waals surface area contributed by atoms with Gasteiger partial charge in [0.05, 0.1) is 6.04 Å². The summed E-state index contributed by atoms with van der Waals surface area (Å²) in [6, 6.07) is 14.5. The molecule has 20 heavy (non-hydrogen) atoms. The minimum absolute atomic E-state index is 0.218. The van der Waals surface area contributed by atoms with Crippen LogP contribution in [0.1, 0.15) is 22.7 Å². The Hall–Kier alpha value is -2.00. The van der Waals surface area contributed by atoms with Crippen molar-refractivity contribution < 1.29 is 5.11 Å². The highest BCUT2D eigenvalue weighted by atomic mass is 16.3. The van der Waals surface area contributed by atoms with Gasteiger partial charge in [0.1, 0.15) is 5.75 Å². The topological polar surface area (TPSA) is 35.5 Å². The molecule has 1 aliphatic rings. The van der Waals surface area contributed by atoms with Crippen molar-refractivity contribution in [3.8, 4) is 5.75 Å². The first kappa shape index (κ1) is 13.0. The molecule has 0 spiro atoms. The maximum atomic E-state index is 9.62. The number of benzene rings is 2. The Kier molecular flexibility index (Phi) is 3.36. The van der Waals surface area contributed by atoms with Crippen molar-refractivity contribution in [2.24, 2.45) is 0 Å². The summed E-state index contributed by atoms with van der Waals surface area (Å²) in [7, 11) is 4.10. The minimum atomic E-state index is 0.218. The highest BCUT2D eigenvalue weighted by molar-refractivity contribution is 5.49. The van der Waals surface area contributed by atoms with Crippen LogP contribution in [0, 0.1) is 0 Å². The quantitative estimate of drug-likeness (QED) is 0.879. The fraction of sp³-hybridized carbons (Fsp3) is 0.294. The largest absolute Gasteiger partial charge is 0.508 e. The number of nitrogens with one attached hydrogen (secondary N) is 1. The molecular formula is C17H20N2O. The fourth-order valence-corrected chi connectivity index (χ4v) is 2.81. The van der Waals surface area contributed by atoms with E-state index in [-0.39, 0.29) is 6.04 Å². The second-order valence-corrected chi connectivity index (χ2v) is 5.51. The third-order valence-electron chi connectivity index (χ3n) is 3.92.